The first-order valence-corrected chi connectivity index (χ1v) is 9.18. The smallest absolute Gasteiger partial charge is 0.339 e. The molecule has 8 heteroatoms. The number of hydrogen-bond acceptors (Lipinski definition) is 8. The van der Waals surface area contributed by atoms with E-state index in [4.69, 9.17) is 13.8 Å². The van der Waals surface area contributed by atoms with Crippen LogP contribution in [-0.4, -0.2) is 21.3 Å². The van der Waals surface area contributed by atoms with E-state index in [1.54, 1.807) is 37.3 Å². The van der Waals surface area contributed by atoms with E-state index in [0.29, 0.717) is 33.8 Å². The van der Waals surface area contributed by atoms with Gasteiger partial charge in [-0.1, -0.05) is 10.3 Å². The van der Waals surface area contributed by atoms with Crippen molar-refractivity contribution < 1.29 is 18.6 Å². The van der Waals surface area contributed by atoms with E-state index < -0.39 is 5.97 Å². The highest BCUT2D eigenvalue weighted by Gasteiger charge is 2.22. The topological polar surface area (TPSA) is 91.2 Å². The summed E-state index contributed by atoms with van der Waals surface area (Å²) in [7, 11) is 0. The molecule has 0 aliphatic carbocycles. The number of fused-ring (bicyclic) bond motifs is 1. The standard InChI is InChI=1S/C19H17N3O4S/c1-9-5-13(25-21-9)8-24-19(23)15-7-16(14-6-10(2)27-12(14)4)20-18-17(15)11(3)22-26-18/h5-7H,8H2,1-4H3. The van der Waals surface area contributed by atoms with Gasteiger partial charge in [-0.2, -0.15) is 0 Å². The minimum atomic E-state index is -0.492. The molecule has 0 spiro atoms. The molecule has 4 aromatic heterocycles. The maximum atomic E-state index is 12.8. The molecule has 0 aliphatic rings. The number of carbonyl (C=O) groups is 1. The normalized spacial score (nSPS) is 11.3. The third-order valence-electron chi connectivity index (χ3n) is 4.18. The number of carbonyl (C=O) groups excluding carboxylic acids is 1. The molecule has 138 valence electrons. The quantitative estimate of drug-likeness (QED) is 0.478. The number of thiophene rings is 1. The van der Waals surface area contributed by atoms with Gasteiger partial charge in [0.1, 0.15) is 0 Å². The molecule has 0 bridgehead atoms. The molecule has 0 amide bonds. The lowest BCUT2D eigenvalue weighted by molar-refractivity contribution is 0.0439. The van der Waals surface area contributed by atoms with Gasteiger partial charge >= 0.3 is 5.97 Å². The Morgan fingerprint density at radius 3 is 2.59 bits per heavy atom. The molecular formula is C19H17N3O4S. The van der Waals surface area contributed by atoms with Gasteiger partial charge in [0.15, 0.2) is 12.4 Å². The third-order valence-corrected chi connectivity index (χ3v) is 5.14. The van der Waals surface area contributed by atoms with Crippen LogP contribution in [0.3, 0.4) is 0 Å². The highest BCUT2D eigenvalue weighted by atomic mass is 32.1. The predicted octanol–water partition coefficient (Wildman–Crippen LogP) is 4.53. The van der Waals surface area contributed by atoms with Gasteiger partial charge in [-0.3, -0.25) is 0 Å². The Balaban J connectivity index is 1.74. The van der Waals surface area contributed by atoms with Crippen LogP contribution in [0.4, 0.5) is 0 Å². The number of esters is 1. The zero-order valence-corrected chi connectivity index (χ0v) is 16.1. The van der Waals surface area contributed by atoms with E-state index in [1.807, 2.05) is 19.9 Å². The fourth-order valence-corrected chi connectivity index (χ4v) is 3.91. The molecule has 7 nitrogen and oxygen atoms in total. The van der Waals surface area contributed by atoms with Gasteiger partial charge in [0.05, 0.1) is 28.0 Å². The molecule has 4 aromatic rings. The maximum absolute atomic E-state index is 12.8. The van der Waals surface area contributed by atoms with Crippen LogP contribution in [0, 0.1) is 27.7 Å². The van der Waals surface area contributed by atoms with Crippen molar-refractivity contribution in [1.82, 2.24) is 15.3 Å². The Kier molecular flexibility index (Phi) is 4.27. The van der Waals surface area contributed by atoms with Gasteiger partial charge in [-0.25, -0.2) is 9.78 Å². The molecule has 4 heterocycles. The molecule has 0 saturated heterocycles. The first-order chi connectivity index (χ1) is 12.9. The summed E-state index contributed by atoms with van der Waals surface area (Å²) in [4.78, 5) is 19.6. The van der Waals surface area contributed by atoms with E-state index in [0.717, 1.165) is 16.1 Å². The van der Waals surface area contributed by atoms with Gasteiger partial charge in [-0.05, 0) is 39.8 Å². The van der Waals surface area contributed by atoms with Crippen LogP contribution in [-0.2, 0) is 11.3 Å². The summed E-state index contributed by atoms with van der Waals surface area (Å²) in [6.45, 7) is 7.63. The van der Waals surface area contributed by atoms with Crippen molar-refractivity contribution in [3.05, 3.63) is 50.7 Å². The third kappa shape index (κ3) is 3.23. The van der Waals surface area contributed by atoms with Crippen LogP contribution >= 0.6 is 11.3 Å². The van der Waals surface area contributed by atoms with Crippen molar-refractivity contribution in [2.45, 2.75) is 34.3 Å². The van der Waals surface area contributed by atoms with Crippen molar-refractivity contribution >= 4 is 28.4 Å². The van der Waals surface area contributed by atoms with Crippen LogP contribution in [0.25, 0.3) is 22.4 Å². The molecule has 0 radical (unpaired) electrons. The number of rotatable bonds is 4. The minimum absolute atomic E-state index is 0.000260. The first-order valence-electron chi connectivity index (χ1n) is 8.36. The Bertz CT molecular complexity index is 1160. The van der Waals surface area contributed by atoms with Crippen LogP contribution in [0.15, 0.2) is 27.2 Å². The van der Waals surface area contributed by atoms with Crippen molar-refractivity contribution in [3.63, 3.8) is 0 Å². The number of hydrogen-bond donors (Lipinski definition) is 0. The summed E-state index contributed by atoms with van der Waals surface area (Å²) >= 11 is 1.68. The summed E-state index contributed by atoms with van der Waals surface area (Å²) in [6.07, 6.45) is 0. The predicted molar refractivity (Wildman–Crippen MR) is 99.7 cm³/mol. The van der Waals surface area contributed by atoms with E-state index in [2.05, 4.69) is 15.3 Å². The van der Waals surface area contributed by atoms with E-state index in [1.165, 1.54) is 4.88 Å². The van der Waals surface area contributed by atoms with Gasteiger partial charge in [0.2, 0.25) is 0 Å². The zero-order chi connectivity index (χ0) is 19.1. The monoisotopic (exact) mass is 383 g/mol. The molecule has 0 N–H and O–H groups in total. The highest BCUT2D eigenvalue weighted by Crippen LogP contribution is 2.33. The lowest BCUT2D eigenvalue weighted by Gasteiger charge is -2.06. The lowest BCUT2D eigenvalue weighted by Crippen LogP contribution is -2.07. The molecule has 0 aromatic carbocycles. The molecule has 0 fully saturated rings. The molecular weight excluding hydrogens is 366 g/mol. The Morgan fingerprint density at radius 2 is 1.93 bits per heavy atom. The Labute approximate surface area is 158 Å². The molecule has 0 saturated carbocycles. The van der Waals surface area contributed by atoms with Crippen molar-refractivity contribution in [2.75, 3.05) is 0 Å². The zero-order valence-electron chi connectivity index (χ0n) is 15.3. The SMILES string of the molecule is Cc1cc(COC(=O)c2cc(-c3cc(C)sc3C)nc3onc(C)c23)on1. The summed E-state index contributed by atoms with van der Waals surface area (Å²) in [5.41, 5.74) is 3.62. The maximum Gasteiger partial charge on any atom is 0.339 e. The van der Waals surface area contributed by atoms with Crippen LogP contribution in [0.2, 0.25) is 0 Å². The molecule has 27 heavy (non-hydrogen) atoms. The van der Waals surface area contributed by atoms with Crippen molar-refractivity contribution in [2.24, 2.45) is 0 Å². The molecule has 0 aliphatic heterocycles. The molecule has 0 unspecified atom stereocenters. The number of aryl methyl sites for hydroxylation is 4. The van der Waals surface area contributed by atoms with E-state index in [-0.39, 0.29) is 6.61 Å². The summed E-state index contributed by atoms with van der Waals surface area (Å²) in [6, 6.07) is 5.50. The summed E-state index contributed by atoms with van der Waals surface area (Å²) in [5.74, 6) is -0.00803. The second kappa shape index (κ2) is 6.62. The lowest BCUT2D eigenvalue weighted by atomic mass is 10.1. The fraction of sp³-hybridized carbons (Fsp3) is 0.263. The van der Waals surface area contributed by atoms with Crippen LogP contribution in [0.5, 0.6) is 0 Å². The van der Waals surface area contributed by atoms with Gasteiger partial charge in [0, 0.05) is 21.4 Å². The van der Waals surface area contributed by atoms with E-state index >= 15 is 0 Å². The average Bonchev–Trinajstić information content (AvgIpc) is 3.31. The van der Waals surface area contributed by atoms with Crippen LogP contribution < -0.4 is 0 Å². The molecule has 4 rings (SSSR count). The van der Waals surface area contributed by atoms with Crippen molar-refractivity contribution in [3.8, 4) is 11.3 Å². The fourth-order valence-electron chi connectivity index (χ4n) is 2.98. The number of nitrogens with zero attached hydrogens (tertiary/aromatic N) is 3. The Morgan fingerprint density at radius 1 is 1.11 bits per heavy atom. The average molecular weight is 383 g/mol. The molecule has 0 atom stereocenters. The van der Waals surface area contributed by atoms with E-state index in [9.17, 15) is 4.79 Å². The minimum Gasteiger partial charge on any atom is -0.454 e. The second-order valence-electron chi connectivity index (χ2n) is 6.34. The summed E-state index contributed by atoms with van der Waals surface area (Å²) < 4.78 is 15.8. The second-order valence-corrected chi connectivity index (χ2v) is 7.80. The van der Waals surface area contributed by atoms with Crippen LogP contribution in [0.1, 0.15) is 37.3 Å². The number of pyridine rings is 1. The van der Waals surface area contributed by atoms with Gasteiger partial charge in [0.25, 0.3) is 5.71 Å². The Hall–Kier alpha value is -3.00. The first kappa shape index (κ1) is 17.4. The van der Waals surface area contributed by atoms with Crippen molar-refractivity contribution in [1.29, 1.82) is 0 Å². The van der Waals surface area contributed by atoms with Gasteiger partial charge < -0.3 is 13.8 Å². The van der Waals surface area contributed by atoms with Gasteiger partial charge in [-0.15, -0.1) is 11.3 Å². The summed E-state index contributed by atoms with van der Waals surface area (Å²) in [5, 5.41) is 8.30. The number of ether oxygens (including phenoxy) is 1. The highest BCUT2D eigenvalue weighted by molar-refractivity contribution is 7.12. The largest absolute Gasteiger partial charge is 0.454 e. The number of aromatic nitrogens is 3.